The van der Waals surface area contributed by atoms with Crippen molar-refractivity contribution in [3.8, 4) is 21.8 Å². The minimum absolute atomic E-state index is 0.851. The molecule has 1 aromatic heterocycles. The van der Waals surface area contributed by atoms with E-state index in [0.717, 1.165) is 16.0 Å². The van der Waals surface area contributed by atoms with E-state index in [9.17, 15) is 0 Å². The lowest BCUT2D eigenvalue weighted by Crippen LogP contribution is -1.85. The Labute approximate surface area is 125 Å². The molecule has 3 rings (SSSR count). The van der Waals surface area contributed by atoms with E-state index in [4.69, 9.17) is 4.98 Å². The summed E-state index contributed by atoms with van der Waals surface area (Å²) < 4.78 is 0. The Hall–Kier alpha value is -1.45. The van der Waals surface area contributed by atoms with Crippen LogP contribution in [0.1, 0.15) is 5.56 Å². The van der Waals surface area contributed by atoms with Crippen molar-refractivity contribution >= 4 is 27.3 Å². The Kier molecular flexibility index (Phi) is 3.76. The van der Waals surface area contributed by atoms with Gasteiger partial charge >= 0.3 is 0 Å². The van der Waals surface area contributed by atoms with Gasteiger partial charge in [0.1, 0.15) is 5.01 Å². The quantitative estimate of drug-likeness (QED) is 0.588. The number of halogens is 1. The van der Waals surface area contributed by atoms with E-state index in [1.54, 1.807) is 11.3 Å². The molecule has 0 saturated carbocycles. The predicted molar refractivity (Wildman–Crippen MR) is 85.6 cm³/mol. The summed E-state index contributed by atoms with van der Waals surface area (Å²) in [6.45, 7) is 0. The number of thiazole rings is 1. The Morgan fingerprint density at radius 2 is 1.68 bits per heavy atom. The van der Waals surface area contributed by atoms with E-state index < -0.39 is 0 Å². The van der Waals surface area contributed by atoms with Crippen LogP contribution in [0.25, 0.3) is 21.8 Å². The fraction of sp³-hybridized carbons (Fsp3) is 0.0625. The highest BCUT2D eigenvalue weighted by Crippen LogP contribution is 2.31. The Morgan fingerprint density at radius 3 is 2.47 bits per heavy atom. The molecule has 19 heavy (non-hydrogen) atoms. The Balaban J connectivity index is 2.02. The lowest BCUT2D eigenvalue weighted by atomic mass is 10.1. The number of hydrogen-bond acceptors (Lipinski definition) is 2. The third-order valence-corrected chi connectivity index (χ3v) is 4.45. The average Bonchev–Trinajstić information content (AvgIpc) is 2.98. The molecule has 1 heterocycles. The van der Waals surface area contributed by atoms with E-state index in [-0.39, 0.29) is 0 Å². The van der Waals surface area contributed by atoms with Crippen LogP contribution in [0.15, 0.2) is 60.0 Å². The number of nitrogens with zero attached hydrogens (tertiary/aromatic N) is 1. The second kappa shape index (κ2) is 5.68. The normalized spacial score (nSPS) is 10.6. The van der Waals surface area contributed by atoms with Crippen LogP contribution in [0.5, 0.6) is 0 Å². The topological polar surface area (TPSA) is 12.9 Å². The van der Waals surface area contributed by atoms with Crippen LogP contribution in [-0.2, 0) is 5.33 Å². The third kappa shape index (κ3) is 2.62. The minimum atomic E-state index is 0.851. The SMILES string of the molecule is BrCc1ccccc1-c1nc(-c2ccccc2)cs1. The largest absolute Gasteiger partial charge is 0.236 e. The molecular formula is C16H12BrNS. The molecule has 0 bridgehead atoms. The molecule has 0 atom stereocenters. The monoisotopic (exact) mass is 329 g/mol. The summed E-state index contributed by atoms with van der Waals surface area (Å²) in [5.41, 5.74) is 4.70. The first-order valence-electron chi connectivity index (χ1n) is 6.03. The summed E-state index contributed by atoms with van der Waals surface area (Å²) in [6, 6.07) is 18.7. The van der Waals surface area contributed by atoms with Crippen molar-refractivity contribution < 1.29 is 0 Å². The molecule has 0 aliphatic rings. The molecule has 2 aromatic carbocycles. The molecule has 3 heteroatoms. The van der Waals surface area contributed by atoms with Gasteiger partial charge in [0.25, 0.3) is 0 Å². The van der Waals surface area contributed by atoms with Crippen molar-refractivity contribution in [3.63, 3.8) is 0 Å². The highest BCUT2D eigenvalue weighted by atomic mass is 79.9. The van der Waals surface area contributed by atoms with Gasteiger partial charge in [-0.15, -0.1) is 11.3 Å². The zero-order valence-electron chi connectivity index (χ0n) is 10.2. The van der Waals surface area contributed by atoms with Gasteiger partial charge in [-0.3, -0.25) is 0 Å². The van der Waals surface area contributed by atoms with Crippen LogP contribution in [0.2, 0.25) is 0 Å². The van der Waals surface area contributed by atoms with Gasteiger partial charge in [-0.25, -0.2) is 4.98 Å². The molecule has 0 unspecified atom stereocenters. The molecule has 94 valence electrons. The highest BCUT2D eigenvalue weighted by molar-refractivity contribution is 9.08. The Bertz CT molecular complexity index is 676. The van der Waals surface area contributed by atoms with Gasteiger partial charge in [0.05, 0.1) is 5.69 Å². The summed E-state index contributed by atoms with van der Waals surface area (Å²) in [4.78, 5) is 4.76. The van der Waals surface area contributed by atoms with Crippen molar-refractivity contribution in [1.29, 1.82) is 0 Å². The fourth-order valence-electron chi connectivity index (χ4n) is 1.98. The summed E-state index contributed by atoms with van der Waals surface area (Å²) in [7, 11) is 0. The van der Waals surface area contributed by atoms with Crippen LogP contribution in [0.3, 0.4) is 0 Å². The maximum Gasteiger partial charge on any atom is 0.124 e. The summed E-state index contributed by atoms with van der Waals surface area (Å²) >= 11 is 5.23. The first kappa shape index (κ1) is 12.6. The van der Waals surface area contributed by atoms with Crippen LogP contribution in [0.4, 0.5) is 0 Å². The smallest absolute Gasteiger partial charge is 0.124 e. The molecule has 0 N–H and O–H groups in total. The second-order valence-electron chi connectivity index (χ2n) is 4.19. The van der Waals surface area contributed by atoms with Crippen molar-refractivity contribution in [1.82, 2.24) is 4.98 Å². The Morgan fingerprint density at radius 1 is 0.947 bits per heavy atom. The first-order chi connectivity index (χ1) is 9.38. The molecule has 3 aromatic rings. The first-order valence-corrected chi connectivity index (χ1v) is 8.04. The van der Waals surface area contributed by atoms with Gasteiger partial charge in [0, 0.05) is 21.8 Å². The number of aromatic nitrogens is 1. The van der Waals surface area contributed by atoms with Crippen molar-refractivity contribution in [2.24, 2.45) is 0 Å². The van der Waals surface area contributed by atoms with Gasteiger partial charge in [-0.1, -0.05) is 70.5 Å². The summed E-state index contributed by atoms with van der Waals surface area (Å²) in [5, 5.41) is 4.05. The lowest BCUT2D eigenvalue weighted by molar-refractivity contribution is 1.36. The maximum absolute atomic E-state index is 4.76. The van der Waals surface area contributed by atoms with E-state index in [1.165, 1.54) is 16.7 Å². The van der Waals surface area contributed by atoms with Crippen LogP contribution < -0.4 is 0 Å². The van der Waals surface area contributed by atoms with Crippen molar-refractivity contribution in [2.45, 2.75) is 5.33 Å². The molecule has 0 aliphatic heterocycles. The molecule has 0 spiro atoms. The van der Waals surface area contributed by atoms with E-state index in [1.807, 2.05) is 18.2 Å². The number of benzene rings is 2. The zero-order valence-corrected chi connectivity index (χ0v) is 12.6. The average molecular weight is 330 g/mol. The predicted octanol–water partition coefficient (Wildman–Crippen LogP) is 5.37. The van der Waals surface area contributed by atoms with E-state index in [0.29, 0.717) is 0 Å². The van der Waals surface area contributed by atoms with Crippen LogP contribution in [0, 0.1) is 0 Å². The lowest BCUT2D eigenvalue weighted by Gasteiger charge is -2.02. The molecule has 0 aliphatic carbocycles. The van der Waals surface area contributed by atoms with Gasteiger partial charge < -0.3 is 0 Å². The van der Waals surface area contributed by atoms with Gasteiger partial charge in [0.2, 0.25) is 0 Å². The summed E-state index contributed by atoms with van der Waals surface area (Å²) in [6.07, 6.45) is 0. The van der Waals surface area contributed by atoms with Gasteiger partial charge in [-0.2, -0.15) is 0 Å². The number of hydrogen-bond donors (Lipinski definition) is 0. The fourth-order valence-corrected chi connectivity index (χ4v) is 3.36. The summed E-state index contributed by atoms with van der Waals surface area (Å²) in [5.74, 6) is 0. The van der Waals surface area contributed by atoms with Crippen LogP contribution in [-0.4, -0.2) is 4.98 Å². The molecule has 0 fully saturated rings. The van der Waals surface area contributed by atoms with Crippen molar-refractivity contribution in [2.75, 3.05) is 0 Å². The van der Waals surface area contributed by atoms with E-state index in [2.05, 4.69) is 57.7 Å². The zero-order chi connectivity index (χ0) is 13.1. The molecule has 0 amide bonds. The van der Waals surface area contributed by atoms with Gasteiger partial charge in [0.15, 0.2) is 0 Å². The number of rotatable bonds is 3. The third-order valence-electron chi connectivity index (χ3n) is 2.97. The molecule has 1 nitrogen and oxygen atoms in total. The standard InChI is InChI=1S/C16H12BrNS/c17-10-13-8-4-5-9-14(13)16-18-15(11-19-16)12-6-2-1-3-7-12/h1-9,11H,10H2. The van der Waals surface area contributed by atoms with Crippen LogP contribution >= 0.6 is 27.3 Å². The number of alkyl halides is 1. The molecular weight excluding hydrogens is 318 g/mol. The molecule has 0 saturated heterocycles. The van der Waals surface area contributed by atoms with E-state index >= 15 is 0 Å². The minimum Gasteiger partial charge on any atom is -0.236 e. The molecule has 0 radical (unpaired) electrons. The van der Waals surface area contributed by atoms with Crippen molar-refractivity contribution in [3.05, 3.63) is 65.5 Å². The second-order valence-corrected chi connectivity index (χ2v) is 5.61. The van der Waals surface area contributed by atoms with Gasteiger partial charge in [-0.05, 0) is 5.56 Å². The highest BCUT2D eigenvalue weighted by Gasteiger charge is 2.09. The maximum atomic E-state index is 4.76.